The maximum absolute atomic E-state index is 13.0. The van der Waals surface area contributed by atoms with Gasteiger partial charge in [-0.3, -0.25) is 14.4 Å². The first-order chi connectivity index (χ1) is 12.5. The highest BCUT2D eigenvalue weighted by atomic mass is 16.2. The highest BCUT2D eigenvalue weighted by Crippen LogP contribution is 2.32. The molecule has 6 nitrogen and oxygen atoms in total. The lowest BCUT2D eigenvalue weighted by Crippen LogP contribution is -2.55. The first kappa shape index (κ1) is 18.4. The van der Waals surface area contributed by atoms with Crippen LogP contribution in [0.4, 0.5) is 5.69 Å². The minimum Gasteiger partial charge on any atom is -0.359 e. The van der Waals surface area contributed by atoms with Crippen LogP contribution < -0.4 is 10.2 Å². The van der Waals surface area contributed by atoms with Crippen LogP contribution in [0.2, 0.25) is 0 Å². The van der Waals surface area contributed by atoms with E-state index in [1.54, 1.807) is 16.8 Å². The van der Waals surface area contributed by atoms with E-state index in [9.17, 15) is 14.4 Å². The molecule has 3 rings (SSSR count). The van der Waals surface area contributed by atoms with Crippen LogP contribution in [0.25, 0.3) is 0 Å². The van der Waals surface area contributed by atoms with Gasteiger partial charge in [0.2, 0.25) is 17.7 Å². The van der Waals surface area contributed by atoms with Gasteiger partial charge < -0.3 is 15.1 Å². The number of hydrogen-bond donors (Lipinski definition) is 1. The number of carbonyl (C=O) groups excluding carboxylic acids is 3. The van der Waals surface area contributed by atoms with Crippen molar-refractivity contribution in [3.63, 3.8) is 0 Å². The highest BCUT2D eigenvalue weighted by Gasteiger charge is 2.39. The van der Waals surface area contributed by atoms with E-state index in [4.69, 9.17) is 0 Å². The predicted molar refractivity (Wildman–Crippen MR) is 99.6 cm³/mol. The average molecular weight is 357 g/mol. The van der Waals surface area contributed by atoms with Gasteiger partial charge in [-0.25, -0.2) is 0 Å². The monoisotopic (exact) mass is 357 g/mol. The van der Waals surface area contributed by atoms with Crippen molar-refractivity contribution in [1.29, 1.82) is 0 Å². The minimum absolute atomic E-state index is 0.0461. The Kier molecular flexibility index (Phi) is 5.59. The van der Waals surface area contributed by atoms with E-state index in [0.29, 0.717) is 13.1 Å². The molecule has 1 saturated carbocycles. The predicted octanol–water partition coefficient (Wildman–Crippen LogP) is 1.72. The number of aryl methyl sites for hydroxylation is 1. The van der Waals surface area contributed by atoms with E-state index in [0.717, 1.165) is 36.9 Å². The van der Waals surface area contributed by atoms with Crippen LogP contribution in [0.1, 0.15) is 31.2 Å². The van der Waals surface area contributed by atoms with Crippen LogP contribution in [0.15, 0.2) is 24.3 Å². The van der Waals surface area contributed by atoms with Crippen LogP contribution in [0.5, 0.6) is 0 Å². The normalized spacial score (nSPS) is 23.7. The SMILES string of the molecule is CNC(=O)[C@@H]1CCCC[C@@H]1C(=O)N1CCN(c2ccc(C)cc2)C(=O)C1. The number of benzene rings is 1. The van der Waals surface area contributed by atoms with Crippen LogP contribution >= 0.6 is 0 Å². The quantitative estimate of drug-likeness (QED) is 0.896. The molecule has 2 fully saturated rings. The molecule has 1 heterocycles. The van der Waals surface area contributed by atoms with Gasteiger partial charge in [-0.1, -0.05) is 30.5 Å². The molecular weight excluding hydrogens is 330 g/mol. The molecule has 26 heavy (non-hydrogen) atoms. The zero-order valence-corrected chi connectivity index (χ0v) is 15.5. The first-order valence-electron chi connectivity index (χ1n) is 9.38. The molecule has 0 bridgehead atoms. The highest BCUT2D eigenvalue weighted by molar-refractivity contribution is 5.98. The molecule has 0 spiro atoms. The Morgan fingerprint density at radius 2 is 1.69 bits per heavy atom. The molecule has 0 aromatic heterocycles. The first-order valence-corrected chi connectivity index (χ1v) is 9.38. The second-order valence-corrected chi connectivity index (χ2v) is 7.25. The Morgan fingerprint density at radius 1 is 1.04 bits per heavy atom. The maximum Gasteiger partial charge on any atom is 0.246 e. The number of nitrogens with zero attached hydrogens (tertiary/aromatic N) is 2. The van der Waals surface area contributed by atoms with Crippen molar-refractivity contribution in [3.8, 4) is 0 Å². The molecule has 3 amide bonds. The Morgan fingerprint density at radius 3 is 2.31 bits per heavy atom. The fourth-order valence-electron chi connectivity index (χ4n) is 4.02. The summed E-state index contributed by atoms with van der Waals surface area (Å²) in [7, 11) is 1.61. The molecular formula is C20H27N3O3. The molecule has 0 unspecified atom stereocenters. The number of carbonyl (C=O) groups is 3. The molecule has 2 aliphatic rings. The van der Waals surface area contributed by atoms with Crippen LogP contribution in [0.3, 0.4) is 0 Å². The molecule has 2 atom stereocenters. The standard InChI is InChI=1S/C20H27N3O3/c1-14-7-9-15(10-8-14)23-12-11-22(13-18(23)24)20(26)17-6-4-3-5-16(17)19(25)21-2/h7-10,16-17H,3-6,11-13H2,1-2H3,(H,21,25)/t16-,17+/m1/s1. The zero-order chi connectivity index (χ0) is 18.7. The van der Waals surface area contributed by atoms with E-state index in [1.807, 2.05) is 31.2 Å². The van der Waals surface area contributed by atoms with Gasteiger partial charge in [0, 0.05) is 37.7 Å². The summed E-state index contributed by atoms with van der Waals surface area (Å²) in [6, 6.07) is 7.84. The van der Waals surface area contributed by atoms with Crippen LogP contribution in [0, 0.1) is 18.8 Å². The lowest BCUT2D eigenvalue weighted by Gasteiger charge is -2.38. The summed E-state index contributed by atoms with van der Waals surface area (Å²) in [5, 5.41) is 2.68. The van der Waals surface area contributed by atoms with Gasteiger partial charge in [-0.2, -0.15) is 0 Å². The number of piperazine rings is 1. The zero-order valence-electron chi connectivity index (χ0n) is 15.5. The summed E-state index contributed by atoms with van der Waals surface area (Å²) < 4.78 is 0. The van der Waals surface area contributed by atoms with E-state index in [-0.39, 0.29) is 36.1 Å². The smallest absolute Gasteiger partial charge is 0.246 e. The Hall–Kier alpha value is -2.37. The van der Waals surface area contributed by atoms with E-state index >= 15 is 0 Å². The third-order valence-electron chi connectivity index (χ3n) is 5.54. The van der Waals surface area contributed by atoms with E-state index in [2.05, 4.69) is 5.32 Å². The molecule has 6 heteroatoms. The topological polar surface area (TPSA) is 69.7 Å². The third kappa shape index (κ3) is 3.74. The minimum atomic E-state index is -0.303. The number of rotatable bonds is 3. The van der Waals surface area contributed by atoms with Gasteiger partial charge >= 0.3 is 0 Å². The fourth-order valence-corrected chi connectivity index (χ4v) is 4.02. The molecule has 1 aromatic carbocycles. The number of amides is 3. The molecule has 140 valence electrons. The Bertz CT molecular complexity index is 686. The van der Waals surface area contributed by atoms with Crippen LogP contribution in [-0.2, 0) is 14.4 Å². The van der Waals surface area contributed by atoms with Gasteiger partial charge in [0.25, 0.3) is 0 Å². The van der Waals surface area contributed by atoms with Crippen LogP contribution in [-0.4, -0.2) is 49.3 Å². The van der Waals surface area contributed by atoms with Gasteiger partial charge in [0.1, 0.15) is 6.54 Å². The summed E-state index contributed by atoms with van der Waals surface area (Å²) in [5.41, 5.74) is 2.01. The van der Waals surface area contributed by atoms with Gasteiger partial charge in [0.15, 0.2) is 0 Å². The summed E-state index contributed by atoms with van der Waals surface area (Å²) in [6.45, 7) is 3.10. The van der Waals surface area contributed by atoms with Crippen molar-refractivity contribution < 1.29 is 14.4 Å². The van der Waals surface area contributed by atoms with Gasteiger partial charge in [-0.05, 0) is 31.9 Å². The molecule has 1 aromatic rings. The van der Waals surface area contributed by atoms with E-state index in [1.165, 1.54) is 0 Å². The van der Waals surface area contributed by atoms with Crippen molar-refractivity contribution in [2.75, 3.05) is 31.6 Å². The summed E-state index contributed by atoms with van der Waals surface area (Å²) >= 11 is 0. The third-order valence-corrected chi connectivity index (χ3v) is 5.54. The number of hydrogen-bond acceptors (Lipinski definition) is 3. The van der Waals surface area contributed by atoms with Crippen molar-refractivity contribution in [3.05, 3.63) is 29.8 Å². The van der Waals surface area contributed by atoms with Crippen molar-refractivity contribution in [2.45, 2.75) is 32.6 Å². The molecule has 0 radical (unpaired) electrons. The summed E-state index contributed by atoms with van der Waals surface area (Å²) in [4.78, 5) is 41.1. The molecule has 1 aliphatic carbocycles. The lowest BCUT2D eigenvalue weighted by atomic mass is 9.77. The summed E-state index contributed by atoms with van der Waals surface area (Å²) in [6.07, 6.45) is 3.40. The molecule has 1 N–H and O–H groups in total. The van der Waals surface area contributed by atoms with E-state index < -0.39 is 0 Å². The van der Waals surface area contributed by atoms with Gasteiger partial charge in [-0.15, -0.1) is 0 Å². The maximum atomic E-state index is 13.0. The van der Waals surface area contributed by atoms with Crippen molar-refractivity contribution in [2.24, 2.45) is 11.8 Å². The summed E-state index contributed by atoms with van der Waals surface area (Å²) in [5.74, 6) is -0.752. The second kappa shape index (κ2) is 7.89. The average Bonchev–Trinajstić information content (AvgIpc) is 2.67. The lowest BCUT2D eigenvalue weighted by molar-refractivity contribution is -0.146. The van der Waals surface area contributed by atoms with Crippen molar-refractivity contribution >= 4 is 23.4 Å². The largest absolute Gasteiger partial charge is 0.359 e. The number of anilines is 1. The Balaban J connectivity index is 1.67. The Labute approximate surface area is 154 Å². The second-order valence-electron chi connectivity index (χ2n) is 7.25. The molecule has 1 aliphatic heterocycles. The number of nitrogens with one attached hydrogen (secondary N) is 1. The van der Waals surface area contributed by atoms with Crippen molar-refractivity contribution in [1.82, 2.24) is 10.2 Å². The van der Waals surface area contributed by atoms with Gasteiger partial charge in [0.05, 0.1) is 0 Å². The fraction of sp³-hybridized carbons (Fsp3) is 0.550. The molecule has 1 saturated heterocycles.